The van der Waals surface area contributed by atoms with Crippen LogP contribution in [-0.2, 0) is 9.59 Å². The van der Waals surface area contributed by atoms with Gasteiger partial charge < -0.3 is 10.6 Å². The first-order valence-electron chi connectivity index (χ1n) is 5.53. The normalized spacial score (nSPS) is 24.2. The van der Waals surface area contributed by atoms with Crippen LogP contribution >= 0.6 is 0 Å². The fourth-order valence-corrected chi connectivity index (χ4v) is 1.96. The van der Waals surface area contributed by atoms with E-state index in [4.69, 9.17) is 0 Å². The van der Waals surface area contributed by atoms with E-state index in [0.29, 0.717) is 0 Å². The highest BCUT2D eigenvalue weighted by atomic mass is 16.2. The highest BCUT2D eigenvalue weighted by molar-refractivity contribution is 5.88. The summed E-state index contributed by atoms with van der Waals surface area (Å²) >= 11 is 0. The molecule has 0 spiro atoms. The average molecular weight is 222 g/mol. The van der Waals surface area contributed by atoms with E-state index < -0.39 is 0 Å². The number of amides is 2. The predicted octanol–water partition coefficient (Wildman–Crippen LogP) is 0.902. The highest BCUT2D eigenvalue weighted by Gasteiger charge is 2.26. The Labute approximate surface area is 95.8 Å². The largest absolute Gasteiger partial charge is 0.348 e. The van der Waals surface area contributed by atoms with E-state index >= 15 is 0 Å². The molecule has 0 saturated heterocycles. The van der Waals surface area contributed by atoms with Gasteiger partial charge in [0.2, 0.25) is 11.8 Å². The molecule has 0 bridgehead atoms. The van der Waals surface area contributed by atoms with Gasteiger partial charge in [0.1, 0.15) is 0 Å². The number of nitrogens with one attached hydrogen (secondary N) is 2. The molecule has 1 saturated carbocycles. The molecule has 0 aliphatic heterocycles. The lowest BCUT2D eigenvalue weighted by Gasteiger charge is -2.32. The van der Waals surface area contributed by atoms with Crippen molar-refractivity contribution >= 4 is 11.8 Å². The van der Waals surface area contributed by atoms with Gasteiger partial charge in [0.25, 0.3) is 0 Å². The van der Waals surface area contributed by atoms with Crippen LogP contribution in [-0.4, -0.2) is 23.9 Å². The molecule has 0 heterocycles. The van der Waals surface area contributed by atoms with Crippen LogP contribution in [0.25, 0.3) is 0 Å². The topological polar surface area (TPSA) is 58.2 Å². The summed E-state index contributed by atoms with van der Waals surface area (Å²) < 4.78 is 0. The minimum atomic E-state index is -0.190. The van der Waals surface area contributed by atoms with E-state index in [0.717, 1.165) is 25.7 Å². The summed E-state index contributed by atoms with van der Waals surface area (Å²) in [5, 5.41) is 5.68. The quantitative estimate of drug-likeness (QED) is 0.694. The smallest absolute Gasteiger partial charge is 0.243 e. The second-order valence-electron chi connectivity index (χ2n) is 3.92. The van der Waals surface area contributed by atoms with Crippen LogP contribution < -0.4 is 10.6 Å². The fourth-order valence-electron chi connectivity index (χ4n) is 1.96. The first-order chi connectivity index (χ1) is 7.67. The summed E-state index contributed by atoms with van der Waals surface area (Å²) in [5.74, 6) is -0.380. The zero-order valence-electron chi connectivity index (χ0n) is 9.37. The van der Waals surface area contributed by atoms with Crippen LogP contribution in [0, 0.1) is 0 Å². The first kappa shape index (κ1) is 12.5. The molecule has 88 valence electrons. The molecular weight excluding hydrogens is 204 g/mol. The minimum Gasteiger partial charge on any atom is -0.348 e. The molecule has 0 aromatic heterocycles. The molecule has 4 nitrogen and oxygen atoms in total. The predicted molar refractivity (Wildman–Crippen MR) is 62.7 cm³/mol. The molecule has 0 radical (unpaired) electrons. The molecule has 1 aliphatic carbocycles. The SMILES string of the molecule is C=CC(=O)N[C@H]1CCCC[C@@H]1NC(=O)C=C. The Bertz CT molecular complexity index is 269. The van der Waals surface area contributed by atoms with Crippen molar-refractivity contribution in [3.8, 4) is 0 Å². The van der Waals surface area contributed by atoms with Crippen molar-refractivity contribution in [2.24, 2.45) is 0 Å². The molecule has 2 atom stereocenters. The summed E-state index contributed by atoms with van der Waals surface area (Å²) in [7, 11) is 0. The third-order valence-corrected chi connectivity index (χ3v) is 2.79. The summed E-state index contributed by atoms with van der Waals surface area (Å²) in [5.41, 5.74) is 0. The molecular formula is C12H18N2O2. The van der Waals surface area contributed by atoms with Crippen LogP contribution in [0.2, 0.25) is 0 Å². The zero-order valence-corrected chi connectivity index (χ0v) is 9.37. The van der Waals surface area contributed by atoms with Gasteiger partial charge in [-0.1, -0.05) is 26.0 Å². The van der Waals surface area contributed by atoms with Crippen molar-refractivity contribution in [2.45, 2.75) is 37.8 Å². The maximum atomic E-state index is 11.2. The second kappa shape index (κ2) is 6.10. The van der Waals surface area contributed by atoms with Crippen molar-refractivity contribution in [1.82, 2.24) is 10.6 Å². The molecule has 0 unspecified atom stereocenters. The maximum Gasteiger partial charge on any atom is 0.243 e. The lowest BCUT2D eigenvalue weighted by molar-refractivity contribution is -0.120. The molecule has 2 N–H and O–H groups in total. The summed E-state index contributed by atoms with van der Waals surface area (Å²) in [6.07, 6.45) is 6.43. The van der Waals surface area contributed by atoms with Crippen molar-refractivity contribution in [2.75, 3.05) is 0 Å². The molecule has 2 amide bonds. The lowest BCUT2D eigenvalue weighted by Crippen LogP contribution is -2.52. The van der Waals surface area contributed by atoms with Crippen molar-refractivity contribution in [3.63, 3.8) is 0 Å². The Morgan fingerprint density at radius 1 is 0.938 bits per heavy atom. The molecule has 1 rings (SSSR count). The third kappa shape index (κ3) is 3.53. The Kier molecular flexibility index (Phi) is 4.76. The summed E-state index contributed by atoms with van der Waals surface area (Å²) in [6.45, 7) is 6.83. The van der Waals surface area contributed by atoms with E-state index in [1.54, 1.807) is 0 Å². The summed E-state index contributed by atoms with van der Waals surface area (Å²) in [4.78, 5) is 22.4. The van der Waals surface area contributed by atoms with Crippen LogP contribution in [0.4, 0.5) is 0 Å². The van der Waals surface area contributed by atoms with Crippen molar-refractivity contribution in [1.29, 1.82) is 0 Å². The number of carbonyl (C=O) groups is 2. The highest BCUT2D eigenvalue weighted by Crippen LogP contribution is 2.18. The fraction of sp³-hybridized carbons (Fsp3) is 0.500. The Balaban J connectivity index is 2.56. The Morgan fingerprint density at radius 3 is 1.62 bits per heavy atom. The third-order valence-electron chi connectivity index (χ3n) is 2.79. The molecule has 4 heteroatoms. The average Bonchev–Trinajstić information content (AvgIpc) is 2.31. The van der Waals surface area contributed by atoms with Crippen molar-refractivity contribution < 1.29 is 9.59 Å². The van der Waals surface area contributed by atoms with Gasteiger partial charge >= 0.3 is 0 Å². The number of carbonyl (C=O) groups excluding carboxylic acids is 2. The van der Waals surface area contributed by atoms with E-state index in [2.05, 4.69) is 23.8 Å². The minimum absolute atomic E-state index is 0.00292. The monoisotopic (exact) mass is 222 g/mol. The second-order valence-corrected chi connectivity index (χ2v) is 3.92. The summed E-state index contributed by atoms with van der Waals surface area (Å²) in [6, 6.07) is 0.00583. The van der Waals surface area contributed by atoms with Crippen LogP contribution in [0.15, 0.2) is 25.3 Å². The maximum absolute atomic E-state index is 11.2. The van der Waals surface area contributed by atoms with E-state index in [1.807, 2.05) is 0 Å². The van der Waals surface area contributed by atoms with Gasteiger partial charge in [0, 0.05) is 12.1 Å². The Morgan fingerprint density at radius 2 is 1.31 bits per heavy atom. The van der Waals surface area contributed by atoms with Gasteiger partial charge in [-0.25, -0.2) is 0 Å². The number of hydrogen-bond donors (Lipinski definition) is 2. The number of hydrogen-bond acceptors (Lipinski definition) is 2. The Hall–Kier alpha value is -1.58. The van der Waals surface area contributed by atoms with Gasteiger partial charge in [-0.05, 0) is 25.0 Å². The van der Waals surface area contributed by atoms with Gasteiger partial charge in [-0.3, -0.25) is 9.59 Å². The molecule has 1 fully saturated rings. The molecule has 0 aromatic rings. The van der Waals surface area contributed by atoms with Crippen LogP contribution in [0.3, 0.4) is 0 Å². The van der Waals surface area contributed by atoms with E-state index in [9.17, 15) is 9.59 Å². The first-order valence-corrected chi connectivity index (χ1v) is 5.53. The molecule has 16 heavy (non-hydrogen) atoms. The van der Waals surface area contributed by atoms with E-state index in [1.165, 1.54) is 12.2 Å². The molecule has 1 aliphatic rings. The van der Waals surface area contributed by atoms with Crippen LogP contribution in [0.1, 0.15) is 25.7 Å². The van der Waals surface area contributed by atoms with Gasteiger partial charge in [-0.15, -0.1) is 0 Å². The van der Waals surface area contributed by atoms with Crippen molar-refractivity contribution in [3.05, 3.63) is 25.3 Å². The van der Waals surface area contributed by atoms with E-state index in [-0.39, 0.29) is 23.9 Å². The zero-order chi connectivity index (χ0) is 12.0. The van der Waals surface area contributed by atoms with Gasteiger partial charge in [-0.2, -0.15) is 0 Å². The van der Waals surface area contributed by atoms with Crippen LogP contribution in [0.5, 0.6) is 0 Å². The lowest BCUT2D eigenvalue weighted by atomic mass is 9.90. The number of rotatable bonds is 4. The molecule has 0 aromatic carbocycles. The van der Waals surface area contributed by atoms with Gasteiger partial charge in [0.05, 0.1) is 0 Å². The van der Waals surface area contributed by atoms with Gasteiger partial charge in [0.15, 0.2) is 0 Å². The standard InChI is InChI=1S/C12H18N2O2/c1-3-11(15)13-9-7-5-6-8-10(9)14-12(16)4-2/h3-4,9-10H,1-2,5-8H2,(H,13,15)(H,14,16)/t9-,10-/m0/s1.